The molecular formula is C21H24F2N2O5S. The Kier molecular flexibility index (Phi) is 7.11. The Labute approximate surface area is 180 Å². The van der Waals surface area contributed by atoms with E-state index in [4.69, 9.17) is 4.74 Å². The van der Waals surface area contributed by atoms with Crippen LogP contribution in [0.3, 0.4) is 0 Å². The van der Waals surface area contributed by atoms with E-state index in [1.807, 2.05) is 6.92 Å². The summed E-state index contributed by atoms with van der Waals surface area (Å²) in [4.78, 5) is 12.7. The van der Waals surface area contributed by atoms with Crippen LogP contribution in [0.15, 0.2) is 47.4 Å². The minimum absolute atomic E-state index is 0.00912. The Balaban J connectivity index is 1.71. The van der Waals surface area contributed by atoms with Crippen molar-refractivity contribution in [1.29, 1.82) is 0 Å². The number of nitrogens with one attached hydrogen (secondary N) is 1. The van der Waals surface area contributed by atoms with Gasteiger partial charge < -0.3 is 14.8 Å². The van der Waals surface area contributed by atoms with Crippen molar-refractivity contribution in [2.24, 2.45) is 5.92 Å². The maximum Gasteiger partial charge on any atom is 0.387 e. The van der Waals surface area contributed by atoms with Crippen molar-refractivity contribution in [3.63, 3.8) is 0 Å². The number of alkyl halides is 2. The maximum absolute atomic E-state index is 12.8. The largest absolute Gasteiger partial charge is 0.493 e. The molecule has 0 radical (unpaired) electrons. The van der Waals surface area contributed by atoms with Gasteiger partial charge in [-0.3, -0.25) is 4.79 Å². The number of hydrogen-bond acceptors (Lipinski definition) is 5. The second-order valence-electron chi connectivity index (χ2n) is 7.33. The number of methoxy groups -OCH3 is 1. The van der Waals surface area contributed by atoms with Gasteiger partial charge in [-0.25, -0.2) is 8.42 Å². The number of rotatable bonds is 7. The first-order valence-electron chi connectivity index (χ1n) is 9.75. The summed E-state index contributed by atoms with van der Waals surface area (Å²) in [7, 11) is -2.31. The average Bonchev–Trinajstić information content (AvgIpc) is 2.74. The number of hydrogen-bond donors (Lipinski definition) is 1. The number of ether oxygens (including phenoxy) is 2. The van der Waals surface area contributed by atoms with Crippen molar-refractivity contribution < 1.29 is 31.5 Å². The molecule has 1 fully saturated rings. The molecule has 10 heteroatoms. The van der Waals surface area contributed by atoms with Crippen molar-refractivity contribution >= 4 is 21.6 Å². The van der Waals surface area contributed by atoms with Gasteiger partial charge in [0.2, 0.25) is 10.0 Å². The molecule has 1 aliphatic rings. The van der Waals surface area contributed by atoms with Gasteiger partial charge in [0.15, 0.2) is 11.5 Å². The van der Waals surface area contributed by atoms with Gasteiger partial charge in [0.05, 0.1) is 12.0 Å². The van der Waals surface area contributed by atoms with Crippen LogP contribution < -0.4 is 14.8 Å². The third-order valence-electron chi connectivity index (χ3n) is 5.01. The molecule has 0 aliphatic carbocycles. The van der Waals surface area contributed by atoms with Gasteiger partial charge in [0.1, 0.15) is 0 Å². The Morgan fingerprint density at radius 2 is 1.87 bits per heavy atom. The molecule has 2 aromatic carbocycles. The first-order chi connectivity index (χ1) is 14.7. The Morgan fingerprint density at radius 3 is 2.48 bits per heavy atom. The third kappa shape index (κ3) is 5.50. The molecule has 2 aromatic rings. The van der Waals surface area contributed by atoms with Gasteiger partial charge in [-0.15, -0.1) is 0 Å². The lowest BCUT2D eigenvalue weighted by Crippen LogP contribution is -2.39. The van der Waals surface area contributed by atoms with Crippen molar-refractivity contribution in [2.75, 3.05) is 25.5 Å². The molecule has 168 valence electrons. The molecule has 1 aliphatic heterocycles. The smallest absolute Gasteiger partial charge is 0.387 e. The second-order valence-corrected chi connectivity index (χ2v) is 9.27. The summed E-state index contributed by atoms with van der Waals surface area (Å²) in [6, 6.07) is 9.73. The van der Waals surface area contributed by atoms with Crippen molar-refractivity contribution in [3.8, 4) is 11.5 Å². The Morgan fingerprint density at radius 1 is 1.16 bits per heavy atom. The van der Waals surface area contributed by atoms with Gasteiger partial charge >= 0.3 is 6.61 Å². The van der Waals surface area contributed by atoms with E-state index in [1.165, 1.54) is 53.9 Å². The zero-order valence-electron chi connectivity index (χ0n) is 17.2. The number of anilines is 1. The van der Waals surface area contributed by atoms with Crippen LogP contribution in [0.5, 0.6) is 11.5 Å². The van der Waals surface area contributed by atoms with Gasteiger partial charge in [-0.2, -0.15) is 13.1 Å². The van der Waals surface area contributed by atoms with Crippen LogP contribution in [-0.2, 0) is 10.0 Å². The number of sulfonamides is 1. The van der Waals surface area contributed by atoms with Crippen molar-refractivity contribution in [3.05, 3.63) is 48.0 Å². The SMILES string of the molecule is COc1cc(C(=O)Nc2ccc(S(=O)(=O)N3CCCC(C)C3)cc2)ccc1OC(F)F. The molecule has 0 saturated carbocycles. The molecular weight excluding hydrogens is 430 g/mol. The van der Waals surface area contributed by atoms with E-state index in [0.717, 1.165) is 12.8 Å². The Bertz CT molecular complexity index is 1030. The third-order valence-corrected chi connectivity index (χ3v) is 6.89. The van der Waals surface area contributed by atoms with Crippen molar-refractivity contribution in [1.82, 2.24) is 4.31 Å². The quantitative estimate of drug-likeness (QED) is 0.684. The Hall–Kier alpha value is -2.72. The minimum Gasteiger partial charge on any atom is -0.493 e. The summed E-state index contributed by atoms with van der Waals surface area (Å²) >= 11 is 0. The summed E-state index contributed by atoms with van der Waals surface area (Å²) in [6.07, 6.45) is 1.84. The number of halogens is 2. The standard InChI is InChI=1S/C21H24F2N2O5S/c1-14-4-3-11-25(13-14)31(27,28)17-8-6-16(7-9-17)24-20(26)15-5-10-18(30-21(22)23)19(12-15)29-2/h5-10,12,14,21H,3-4,11,13H2,1-2H3,(H,24,26). The fourth-order valence-corrected chi connectivity index (χ4v) is 5.03. The van der Waals surface area contributed by atoms with Gasteiger partial charge in [0.25, 0.3) is 5.91 Å². The van der Waals surface area contributed by atoms with E-state index in [9.17, 15) is 22.0 Å². The molecule has 1 heterocycles. The average molecular weight is 454 g/mol. The molecule has 3 rings (SSSR count). The molecule has 1 N–H and O–H groups in total. The first kappa shape index (κ1) is 23.0. The molecule has 0 spiro atoms. The highest BCUT2D eigenvalue weighted by atomic mass is 32.2. The molecule has 31 heavy (non-hydrogen) atoms. The van der Waals surface area contributed by atoms with Crippen LogP contribution in [0.4, 0.5) is 14.5 Å². The molecule has 1 saturated heterocycles. The number of carbonyl (C=O) groups excluding carboxylic acids is 1. The van der Waals surface area contributed by atoms with Crippen LogP contribution in [0.1, 0.15) is 30.1 Å². The van der Waals surface area contributed by atoms with Crippen molar-refractivity contribution in [2.45, 2.75) is 31.3 Å². The van der Waals surface area contributed by atoms with E-state index in [0.29, 0.717) is 24.7 Å². The van der Waals surface area contributed by atoms with E-state index in [1.54, 1.807) is 0 Å². The molecule has 1 unspecified atom stereocenters. The zero-order valence-corrected chi connectivity index (χ0v) is 18.0. The lowest BCUT2D eigenvalue weighted by Gasteiger charge is -2.30. The van der Waals surface area contributed by atoms with E-state index >= 15 is 0 Å². The van der Waals surface area contributed by atoms with Crippen LogP contribution in [0.25, 0.3) is 0 Å². The topological polar surface area (TPSA) is 84.9 Å². The van der Waals surface area contributed by atoms with Crippen LogP contribution in [0.2, 0.25) is 0 Å². The predicted molar refractivity (Wildman–Crippen MR) is 111 cm³/mol. The van der Waals surface area contributed by atoms with Gasteiger partial charge in [-0.1, -0.05) is 6.92 Å². The second kappa shape index (κ2) is 9.61. The summed E-state index contributed by atoms with van der Waals surface area (Å²) in [5, 5.41) is 2.64. The van der Waals surface area contributed by atoms with Crippen LogP contribution in [0, 0.1) is 5.92 Å². The van der Waals surface area contributed by atoms with Crippen LogP contribution in [-0.4, -0.2) is 45.4 Å². The summed E-state index contributed by atoms with van der Waals surface area (Å²) in [5.74, 6) is -0.389. The van der Waals surface area contributed by atoms with E-state index < -0.39 is 22.5 Å². The van der Waals surface area contributed by atoms with Crippen LogP contribution >= 0.6 is 0 Å². The highest BCUT2D eigenvalue weighted by Crippen LogP contribution is 2.30. The zero-order chi connectivity index (χ0) is 22.6. The molecule has 0 bridgehead atoms. The highest BCUT2D eigenvalue weighted by molar-refractivity contribution is 7.89. The molecule has 7 nitrogen and oxygen atoms in total. The minimum atomic E-state index is -3.59. The predicted octanol–water partition coefficient (Wildman–Crippen LogP) is 3.97. The lowest BCUT2D eigenvalue weighted by molar-refractivity contribution is -0.0512. The highest BCUT2D eigenvalue weighted by Gasteiger charge is 2.28. The fraction of sp³-hybridized carbons (Fsp3) is 0.381. The molecule has 0 aromatic heterocycles. The summed E-state index contributed by atoms with van der Waals surface area (Å²) < 4.78 is 61.3. The normalized spacial score (nSPS) is 17.4. The molecule has 1 atom stereocenters. The number of amides is 1. The number of benzene rings is 2. The van der Waals surface area contributed by atoms with E-state index in [-0.39, 0.29) is 22.0 Å². The number of piperidine rings is 1. The number of nitrogens with zero attached hydrogens (tertiary/aromatic N) is 1. The first-order valence-corrected chi connectivity index (χ1v) is 11.2. The lowest BCUT2D eigenvalue weighted by atomic mass is 10.0. The maximum atomic E-state index is 12.8. The van der Waals surface area contributed by atoms with E-state index in [2.05, 4.69) is 10.1 Å². The molecule has 1 amide bonds. The summed E-state index contributed by atoms with van der Waals surface area (Å²) in [6.45, 7) is 0.00437. The van der Waals surface area contributed by atoms with Gasteiger partial charge in [-0.05, 0) is 61.2 Å². The van der Waals surface area contributed by atoms with Gasteiger partial charge in [0, 0.05) is 24.3 Å². The number of carbonyl (C=O) groups is 1. The summed E-state index contributed by atoms with van der Waals surface area (Å²) in [5.41, 5.74) is 0.556. The fourth-order valence-electron chi connectivity index (χ4n) is 3.43. The monoisotopic (exact) mass is 454 g/mol.